The molecule has 2 aromatic carbocycles. The van der Waals surface area contributed by atoms with Crippen molar-refractivity contribution in [2.24, 2.45) is 0 Å². The summed E-state index contributed by atoms with van der Waals surface area (Å²) in [6, 6.07) is 12.8. The number of hydrogen-bond donors (Lipinski definition) is 1. The van der Waals surface area contributed by atoms with Crippen molar-refractivity contribution < 1.29 is 9.90 Å². The standard InChI is InChI=1S/C15H14N2O2/c1-17(8-4-7-16)15(19)13-9-11-5-2-3-6-12(11)10-14(13)18/h2-3,5-6,9-10,18H,4,8H2,1H3. The number of carbonyl (C=O) groups is 1. The minimum atomic E-state index is -0.279. The molecule has 0 aliphatic rings. The number of benzene rings is 2. The van der Waals surface area contributed by atoms with Crippen LogP contribution in [-0.4, -0.2) is 29.5 Å². The maximum atomic E-state index is 12.2. The van der Waals surface area contributed by atoms with Gasteiger partial charge in [0.1, 0.15) is 5.75 Å². The van der Waals surface area contributed by atoms with Crippen molar-refractivity contribution in [2.45, 2.75) is 6.42 Å². The normalized spacial score (nSPS) is 10.1. The molecule has 0 heterocycles. The highest BCUT2D eigenvalue weighted by Gasteiger charge is 2.16. The molecule has 0 saturated carbocycles. The molecule has 4 heteroatoms. The topological polar surface area (TPSA) is 64.3 Å². The van der Waals surface area contributed by atoms with Crippen molar-refractivity contribution in [1.82, 2.24) is 4.90 Å². The quantitative estimate of drug-likeness (QED) is 0.915. The summed E-state index contributed by atoms with van der Waals surface area (Å²) in [5, 5.41) is 20.3. The molecule has 0 fully saturated rings. The number of carbonyl (C=O) groups excluding carboxylic acids is 1. The first kappa shape index (κ1) is 12.9. The van der Waals surface area contributed by atoms with E-state index in [0.717, 1.165) is 10.8 Å². The van der Waals surface area contributed by atoms with Crippen LogP contribution in [0.2, 0.25) is 0 Å². The fraction of sp³-hybridized carbons (Fsp3) is 0.200. The maximum absolute atomic E-state index is 12.2. The third-order valence-corrected chi connectivity index (χ3v) is 3.00. The number of aromatic hydroxyl groups is 1. The van der Waals surface area contributed by atoms with Crippen LogP contribution in [0.4, 0.5) is 0 Å². The highest BCUT2D eigenvalue weighted by atomic mass is 16.3. The van der Waals surface area contributed by atoms with E-state index in [2.05, 4.69) is 0 Å². The minimum Gasteiger partial charge on any atom is -0.507 e. The van der Waals surface area contributed by atoms with Gasteiger partial charge in [-0.15, -0.1) is 0 Å². The number of rotatable bonds is 3. The molecule has 0 aliphatic heterocycles. The third kappa shape index (κ3) is 2.66. The summed E-state index contributed by atoms with van der Waals surface area (Å²) < 4.78 is 0. The number of phenols is 1. The van der Waals surface area contributed by atoms with Crippen LogP contribution in [0.1, 0.15) is 16.8 Å². The van der Waals surface area contributed by atoms with E-state index in [9.17, 15) is 9.90 Å². The number of phenolic OH excluding ortho intramolecular Hbond substituents is 1. The first-order valence-electron chi connectivity index (χ1n) is 5.97. The first-order chi connectivity index (χ1) is 9.13. The second-order valence-corrected chi connectivity index (χ2v) is 4.35. The van der Waals surface area contributed by atoms with Crippen LogP contribution >= 0.6 is 0 Å². The summed E-state index contributed by atoms with van der Waals surface area (Å²) >= 11 is 0. The number of fused-ring (bicyclic) bond motifs is 1. The van der Waals surface area contributed by atoms with Gasteiger partial charge >= 0.3 is 0 Å². The average Bonchev–Trinajstić information content (AvgIpc) is 2.43. The number of amides is 1. The molecule has 4 nitrogen and oxygen atoms in total. The van der Waals surface area contributed by atoms with Crippen molar-refractivity contribution in [3.8, 4) is 11.8 Å². The second-order valence-electron chi connectivity index (χ2n) is 4.35. The Morgan fingerprint density at radius 3 is 2.58 bits per heavy atom. The summed E-state index contributed by atoms with van der Waals surface area (Å²) in [7, 11) is 1.62. The Bertz CT molecular complexity index is 659. The number of hydrogen-bond acceptors (Lipinski definition) is 3. The van der Waals surface area contributed by atoms with Crippen LogP contribution in [0.5, 0.6) is 5.75 Å². The molecule has 1 N–H and O–H groups in total. The van der Waals surface area contributed by atoms with Crippen LogP contribution in [-0.2, 0) is 0 Å². The molecule has 0 unspecified atom stereocenters. The lowest BCUT2D eigenvalue weighted by molar-refractivity contribution is 0.0795. The van der Waals surface area contributed by atoms with E-state index >= 15 is 0 Å². The van der Waals surface area contributed by atoms with E-state index in [0.29, 0.717) is 6.54 Å². The Kier molecular flexibility index (Phi) is 3.67. The van der Waals surface area contributed by atoms with Gasteiger partial charge in [0.05, 0.1) is 18.1 Å². The Labute approximate surface area is 111 Å². The Hall–Kier alpha value is -2.54. The zero-order chi connectivity index (χ0) is 13.8. The predicted molar refractivity (Wildman–Crippen MR) is 72.8 cm³/mol. The second kappa shape index (κ2) is 5.40. The van der Waals surface area contributed by atoms with Crippen molar-refractivity contribution in [3.05, 3.63) is 42.0 Å². The molecule has 0 bridgehead atoms. The molecule has 19 heavy (non-hydrogen) atoms. The Morgan fingerprint density at radius 2 is 1.95 bits per heavy atom. The fourth-order valence-corrected chi connectivity index (χ4v) is 1.92. The lowest BCUT2D eigenvalue weighted by atomic mass is 10.1. The van der Waals surface area contributed by atoms with Crippen molar-refractivity contribution in [2.75, 3.05) is 13.6 Å². The van der Waals surface area contributed by atoms with E-state index in [-0.39, 0.29) is 23.6 Å². The van der Waals surface area contributed by atoms with Crippen molar-refractivity contribution >= 4 is 16.7 Å². The summed E-state index contributed by atoms with van der Waals surface area (Å²) in [6.45, 7) is 0.349. The Balaban J connectivity index is 2.36. The zero-order valence-electron chi connectivity index (χ0n) is 10.6. The molecule has 1 amide bonds. The molecule has 2 aromatic rings. The van der Waals surface area contributed by atoms with Crippen LogP contribution in [0, 0.1) is 11.3 Å². The summed E-state index contributed by atoms with van der Waals surface area (Å²) in [6.07, 6.45) is 0.274. The van der Waals surface area contributed by atoms with E-state index < -0.39 is 0 Å². The molecule has 0 atom stereocenters. The van der Waals surface area contributed by atoms with Gasteiger partial charge < -0.3 is 10.0 Å². The van der Waals surface area contributed by atoms with E-state index in [1.807, 2.05) is 30.3 Å². The Morgan fingerprint density at radius 1 is 1.32 bits per heavy atom. The van der Waals surface area contributed by atoms with Crippen LogP contribution in [0.15, 0.2) is 36.4 Å². The highest BCUT2D eigenvalue weighted by Crippen LogP contribution is 2.25. The zero-order valence-corrected chi connectivity index (χ0v) is 10.6. The molecule has 2 rings (SSSR count). The maximum Gasteiger partial charge on any atom is 0.257 e. The molecular formula is C15H14N2O2. The monoisotopic (exact) mass is 254 g/mol. The summed E-state index contributed by atoms with van der Waals surface area (Å²) in [5.41, 5.74) is 0.263. The van der Waals surface area contributed by atoms with Gasteiger partial charge in [-0.05, 0) is 22.9 Å². The van der Waals surface area contributed by atoms with E-state index in [1.54, 1.807) is 19.2 Å². The first-order valence-corrected chi connectivity index (χ1v) is 5.97. The lowest BCUT2D eigenvalue weighted by Crippen LogP contribution is -2.27. The van der Waals surface area contributed by atoms with Gasteiger partial charge in [-0.25, -0.2) is 0 Å². The predicted octanol–water partition coefficient (Wildman–Crippen LogP) is 2.53. The van der Waals surface area contributed by atoms with E-state index in [4.69, 9.17) is 5.26 Å². The van der Waals surface area contributed by atoms with Gasteiger partial charge in [-0.3, -0.25) is 4.79 Å². The number of nitrogens with zero attached hydrogens (tertiary/aromatic N) is 2. The van der Waals surface area contributed by atoms with Crippen LogP contribution in [0.3, 0.4) is 0 Å². The molecule has 0 radical (unpaired) electrons. The van der Waals surface area contributed by atoms with Crippen LogP contribution < -0.4 is 0 Å². The highest BCUT2D eigenvalue weighted by molar-refractivity contribution is 6.01. The summed E-state index contributed by atoms with van der Waals surface area (Å²) in [4.78, 5) is 13.6. The molecule has 0 aliphatic carbocycles. The minimum absolute atomic E-state index is 0.0347. The van der Waals surface area contributed by atoms with Gasteiger partial charge in [0, 0.05) is 13.6 Å². The fourth-order valence-electron chi connectivity index (χ4n) is 1.92. The SMILES string of the molecule is CN(CCC#N)C(=O)c1cc2ccccc2cc1O. The summed E-state index contributed by atoms with van der Waals surface area (Å²) in [5.74, 6) is -0.314. The van der Waals surface area contributed by atoms with Crippen molar-refractivity contribution in [3.63, 3.8) is 0 Å². The largest absolute Gasteiger partial charge is 0.507 e. The van der Waals surface area contributed by atoms with E-state index in [1.165, 1.54) is 4.90 Å². The molecular weight excluding hydrogens is 240 g/mol. The van der Waals surface area contributed by atoms with Gasteiger partial charge in [-0.1, -0.05) is 24.3 Å². The van der Waals surface area contributed by atoms with Gasteiger partial charge in [0.15, 0.2) is 0 Å². The van der Waals surface area contributed by atoms with Crippen LogP contribution in [0.25, 0.3) is 10.8 Å². The van der Waals surface area contributed by atoms with Gasteiger partial charge in [0.25, 0.3) is 5.91 Å². The molecule has 0 spiro atoms. The van der Waals surface area contributed by atoms with Crippen molar-refractivity contribution in [1.29, 1.82) is 5.26 Å². The molecule has 0 aromatic heterocycles. The van der Waals surface area contributed by atoms with Gasteiger partial charge in [0.2, 0.25) is 0 Å². The van der Waals surface area contributed by atoms with Gasteiger partial charge in [-0.2, -0.15) is 5.26 Å². The third-order valence-electron chi connectivity index (χ3n) is 3.00. The molecule has 0 saturated heterocycles. The lowest BCUT2D eigenvalue weighted by Gasteiger charge is -2.16. The number of nitriles is 1. The average molecular weight is 254 g/mol. The molecule has 96 valence electrons. The smallest absolute Gasteiger partial charge is 0.257 e.